The Morgan fingerprint density at radius 1 is 1.47 bits per heavy atom. The number of oxazole rings is 1. The maximum atomic E-state index is 11.9. The summed E-state index contributed by atoms with van der Waals surface area (Å²) in [4.78, 5) is 16.1. The summed E-state index contributed by atoms with van der Waals surface area (Å²) in [5.74, 6) is 1.39. The molecule has 7 heteroatoms. The van der Waals surface area contributed by atoms with Gasteiger partial charge in [0.05, 0.1) is 24.1 Å². The fraction of sp³-hybridized carbons (Fsp3) is 0.417. The Bertz CT molecular complexity index is 628. The maximum Gasteiger partial charge on any atom is 0.283 e. The lowest BCUT2D eigenvalue weighted by Crippen LogP contribution is -2.23. The molecule has 0 radical (unpaired) electrons. The molecule has 0 atom stereocenters. The van der Waals surface area contributed by atoms with Gasteiger partial charge in [0.2, 0.25) is 5.89 Å². The topological polar surface area (TPSA) is 73.0 Å². The van der Waals surface area contributed by atoms with Crippen LogP contribution in [0.25, 0.3) is 0 Å². The summed E-state index contributed by atoms with van der Waals surface area (Å²) in [6.45, 7) is 6.57. The van der Waals surface area contributed by atoms with Crippen LogP contribution in [-0.2, 0) is 13.1 Å². The van der Waals surface area contributed by atoms with Gasteiger partial charge in [-0.15, -0.1) is 0 Å². The van der Waals surface area contributed by atoms with E-state index in [1.54, 1.807) is 6.20 Å². The molecule has 0 bridgehead atoms. The number of hydrogen-bond donors (Lipinski definition) is 1. The summed E-state index contributed by atoms with van der Waals surface area (Å²) < 4.78 is 7.30. The minimum atomic E-state index is -0.160. The van der Waals surface area contributed by atoms with Crippen molar-refractivity contribution in [1.82, 2.24) is 14.8 Å². The van der Waals surface area contributed by atoms with E-state index in [1.807, 2.05) is 20.8 Å². The molecule has 0 aromatic carbocycles. The van der Waals surface area contributed by atoms with Gasteiger partial charge in [-0.25, -0.2) is 9.67 Å². The Morgan fingerprint density at radius 3 is 2.79 bits per heavy atom. The first-order chi connectivity index (χ1) is 9.02. The van der Waals surface area contributed by atoms with E-state index in [9.17, 15) is 4.79 Å². The van der Waals surface area contributed by atoms with E-state index in [-0.39, 0.29) is 5.56 Å². The van der Waals surface area contributed by atoms with E-state index in [1.165, 1.54) is 4.68 Å². The molecule has 2 heterocycles. The van der Waals surface area contributed by atoms with Crippen LogP contribution in [0.4, 0.5) is 5.69 Å². The molecule has 0 amide bonds. The van der Waals surface area contributed by atoms with Crippen LogP contribution < -0.4 is 10.9 Å². The zero-order valence-corrected chi connectivity index (χ0v) is 12.6. The van der Waals surface area contributed by atoms with Crippen molar-refractivity contribution in [3.63, 3.8) is 0 Å². The molecule has 2 rings (SSSR count). The summed E-state index contributed by atoms with van der Waals surface area (Å²) in [7, 11) is 0. The molecule has 0 aliphatic rings. The number of hydrogen-bond acceptors (Lipinski definition) is 5. The Balaban J connectivity index is 2.16. The number of aromatic nitrogens is 3. The Labute approximate surface area is 119 Å². The monoisotopic (exact) mass is 326 g/mol. The average molecular weight is 327 g/mol. The fourth-order valence-corrected chi connectivity index (χ4v) is 2.05. The van der Waals surface area contributed by atoms with E-state index >= 15 is 0 Å². The molecule has 19 heavy (non-hydrogen) atoms. The van der Waals surface area contributed by atoms with Crippen molar-refractivity contribution in [3.8, 4) is 0 Å². The van der Waals surface area contributed by atoms with Gasteiger partial charge in [-0.05, 0) is 36.7 Å². The molecule has 2 aromatic heterocycles. The van der Waals surface area contributed by atoms with Gasteiger partial charge in [-0.2, -0.15) is 5.10 Å². The molecule has 2 aromatic rings. The van der Waals surface area contributed by atoms with Gasteiger partial charge in [-0.3, -0.25) is 4.79 Å². The molecule has 1 N–H and O–H groups in total. The highest BCUT2D eigenvalue weighted by Crippen LogP contribution is 2.17. The van der Waals surface area contributed by atoms with Gasteiger partial charge in [0.1, 0.15) is 10.2 Å². The van der Waals surface area contributed by atoms with E-state index < -0.39 is 0 Å². The third-order valence-corrected chi connectivity index (χ3v) is 3.55. The minimum Gasteiger partial charge on any atom is -0.444 e. The molecule has 6 nitrogen and oxygen atoms in total. The summed E-state index contributed by atoms with van der Waals surface area (Å²) in [6, 6.07) is 0. The van der Waals surface area contributed by atoms with Crippen LogP contribution in [0.2, 0.25) is 0 Å². The Morgan fingerprint density at radius 2 is 2.21 bits per heavy atom. The third kappa shape index (κ3) is 2.86. The average Bonchev–Trinajstić information content (AvgIpc) is 2.71. The Hall–Kier alpha value is -1.63. The minimum absolute atomic E-state index is 0.160. The van der Waals surface area contributed by atoms with Crippen LogP contribution in [-0.4, -0.2) is 14.8 Å². The zero-order chi connectivity index (χ0) is 14.0. The van der Waals surface area contributed by atoms with Crippen LogP contribution in [0.1, 0.15) is 24.3 Å². The highest BCUT2D eigenvalue weighted by molar-refractivity contribution is 9.10. The van der Waals surface area contributed by atoms with Crippen molar-refractivity contribution in [3.05, 3.63) is 38.4 Å². The predicted octanol–water partition coefficient (Wildman–Crippen LogP) is 2.24. The van der Waals surface area contributed by atoms with Gasteiger partial charge in [0.25, 0.3) is 5.56 Å². The SMILES string of the molecule is CCn1ncc(NCc2nc(C)c(C)o2)c(Br)c1=O. The molecular formula is C12H15BrN4O2. The largest absolute Gasteiger partial charge is 0.444 e. The number of anilines is 1. The van der Waals surface area contributed by atoms with Crippen molar-refractivity contribution in [1.29, 1.82) is 0 Å². The van der Waals surface area contributed by atoms with Crippen molar-refractivity contribution >= 4 is 21.6 Å². The van der Waals surface area contributed by atoms with Crippen LogP contribution >= 0.6 is 15.9 Å². The standard InChI is InChI=1S/C12H15BrN4O2/c1-4-17-12(18)11(13)9(5-15-17)14-6-10-16-7(2)8(3)19-10/h5,14H,4,6H2,1-3H3. The highest BCUT2D eigenvalue weighted by atomic mass is 79.9. The normalized spacial score (nSPS) is 10.7. The summed E-state index contributed by atoms with van der Waals surface area (Å²) in [6.07, 6.45) is 1.61. The van der Waals surface area contributed by atoms with Crippen LogP contribution in [0.3, 0.4) is 0 Å². The fourth-order valence-electron chi connectivity index (χ4n) is 1.60. The van der Waals surface area contributed by atoms with Gasteiger partial charge in [0.15, 0.2) is 0 Å². The first kappa shape index (κ1) is 13.8. The van der Waals surface area contributed by atoms with Crippen molar-refractivity contribution < 1.29 is 4.42 Å². The molecular weight excluding hydrogens is 312 g/mol. The molecule has 0 saturated carbocycles. The smallest absolute Gasteiger partial charge is 0.283 e. The maximum absolute atomic E-state index is 11.9. The van der Waals surface area contributed by atoms with Gasteiger partial charge in [-0.1, -0.05) is 0 Å². The molecule has 0 aliphatic carbocycles. The number of halogens is 1. The molecule has 0 fully saturated rings. The van der Waals surface area contributed by atoms with E-state index in [2.05, 4.69) is 31.3 Å². The summed E-state index contributed by atoms with van der Waals surface area (Å²) in [5, 5.41) is 7.14. The number of rotatable bonds is 4. The van der Waals surface area contributed by atoms with Gasteiger partial charge < -0.3 is 9.73 Å². The molecule has 0 saturated heterocycles. The second kappa shape index (κ2) is 5.56. The van der Waals surface area contributed by atoms with Gasteiger partial charge >= 0.3 is 0 Å². The van der Waals surface area contributed by atoms with Crippen molar-refractivity contribution in [2.75, 3.05) is 5.32 Å². The van der Waals surface area contributed by atoms with Crippen molar-refractivity contribution in [2.45, 2.75) is 33.9 Å². The quantitative estimate of drug-likeness (QED) is 0.932. The second-order valence-corrected chi connectivity index (χ2v) is 4.89. The molecule has 0 spiro atoms. The second-order valence-electron chi connectivity index (χ2n) is 4.10. The Kier molecular flexibility index (Phi) is 4.04. The lowest BCUT2D eigenvalue weighted by molar-refractivity contribution is 0.478. The summed E-state index contributed by atoms with van der Waals surface area (Å²) in [5.41, 5.74) is 1.34. The van der Waals surface area contributed by atoms with E-state index in [4.69, 9.17) is 4.42 Å². The van der Waals surface area contributed by atoms with Crippen LogP contribution in [0, 0.1) is 13.8 Å². The number of aryl methyl sites for hydroxylation is 3. The number of nitrogens with zero attached hydrogens (tertiary/aromatic N) is 3. The van der Waals surface area contributed by atoms with Crippen LogP contribution in [0.5, 0.6) is 0 Å². The van der Waals surface area contributed by atoms with Crippen LogP contribution in [0.15, 0.2) is 19.9 Å². The van der Waals surface area contributed by atoms with Crippen molar-refractivity contribution in [2.24, 2.45) is 0 Å². The molecule has 102 valence electrons. The zero-order valence-electron chi connectivity index (χ0n) is 11.0. The lowest BCUT2D eigenvalue weighted by Gasteiger charge is -2.07. The number of nitrogens with one attached hydrogen (secondary N) is 1. The highest BCUT2D eigenvalue weighted by Gasteiger charge is 2.10. The first-order valence-electron chi connectivity index (χ1n) is 5.95. The van der Waals surface area contributed by atoms with E-state index in [0.717, 1.165) is 11.5 Å². The van der Waals surface area contributed by atoms with Gasteiger partial charge in [0, 0.05) is 6.54 Å². The first-order valence-corrected chi connectivity index (χ1v) is 6.74. The summed E-state index contributed by atoms with van der Waals surface area (Å²) >= 11 is 3.28. The predicted molar refractivity (Wildman–Crippen MR) is 75.2 cm³/mol. The third-order valence-electron chi connectivity index (χ3n) is 2.79. The lowest BCUT2D eigenvalue weighted by atomic mass is 10.4. The molecule has 0 aliphatic heterocycles. The van der Waals surface area contributed by atoms with E-state index in [0.29, 0.717) is 29.1 Å². The molecule has 0 unspecified atom stereocenters.